The first-order valence-corrected chi connectivity index (χ1v) is 6.24. The molecular weight excluding hydrogens is 242 g/mol. The van der Waals surface area contributed by atoms with E-state index in [-0.39, 0.29) is 0 Å². The van der Waals surface area contributed by atoms with Crippen LogP contribution in [0, 0.1) is 0 Å². The minimum atomic E-state index is -0.425. The van der Waals surface area contributed by atoms with Crippen LogP contribution in [0.15, 0.2) is 36.5 Å². The number of rotatable bonds is 5. The number of aryl methyl sites for hydroxylation is 2. The summed E-state index contributed by atoms with van der Waals surface area (Å²) in [7, 11) is 0. The molecule has 0 aliphatic carbocycles. The van der Waals surface area contributed by atoms with Crippen LogP contribution in [-0.4, -0.2) is 22.4 Å². The molecule has 5 nitrogen and oxygen atoms in total. The van der Waals surface area contributed by atoms with Gasteiger partial charge in [0.25, 0.3) is 0 Å². The van der Waals surface area contributed by atoms with Crippen molar-refractivity contribution in [2.45, 2.75) is 19.9 Å². The van der Waals surface area contributed by atoms with E-state index in [1.165, 1.54) is 11.8 Å². The van der Waals surface area contributed by atoms with Gasteiger partial charge in [0.1, 0.15) is 11.4 Å². The van der Waals surface area contributed by atoms with Gasteiger partial charge in [0.15, 0.2) is 0 Å². The van der Waals surface area contributed by atoms with Gasteiger partial charge in [-0.25, -0.2) is 9.48 Å². The fourth-order valence-electron chi connectivity index (χ4n) is 1.82. The lowest BCUT2D eigenvalue weighted by Gasteiger charge is -2.05. The van der Waals surface area contributed by atoms with Crippen molar-refractivity contribution in [2.75, 3.05) is 12.3 Å². The standard InChI is InChI=1S/C14H17N3O2/c1-2-19-14(18)12-10-16-17(13(12)15)9-8-11-6-4-3-5-7-11/h3-7,10H,2,8-9,15H2,1H3. The minimum Gasteiger partial charge on any atom is -0.462 e. The van der Waals surface area contributed by atoms with Gasteiger partial charge in [-0.2, -0.15) is 5.10 Å². The number of carbonyl (C=O) groups excluding carboxylic acids is 1. The van der Waals surface area contributed by atoms with Crippen molar-refractivity contribution in [3.63, 3.8) is 0 Å². The molecule has 2 rings (SSSR count). The molecule has 0 bridgehead atoms. The summed E-state index contributed by atoms with van der Waals surface area (Å²) in [4.78, 5) is 11.6. The normalized spacial score (nSPS) is 10.4. The van der Waals surface area contributed by atoms with Crippen molar-refractivity contribution in [3.05, 3.63) is 47.7 Å². The predicted molar refractivity (Wildman–Crippen MR) is 72.7 cm³/mol. The molecule has 1 aromatic carbocycles. The van der Waals surface area contributed by atoms with Crippen molar-refractivity contribution < 1.29 is 9.53 Å². The lowest BCUT2D eigenvalue weighted by molar-refractivity contribution is 0.0527. The highest BCUT2D eigenvalue weighted by Crippen LogP contribution is 2.13. The summed E-state index contributed by atoms with van der Waals surface area (Å²) in [6.45, 7) is 2.72. The van der Waals surface area contributed by atoms with Gasteiger partial charge in [0.05, 0.1) is 12.8 Å². The van der Waals surface area contributed by atoms with Crippen molar-refractivity contribution in [1.29, 1.82) is 0 Å². The van der Waals surface area contributed by atoms with Gasteiger partial charge in [0.2, 0.25) is 0 Å². The van der Waals surface area contributed by atoms with E-state index in [1.54, 1.807) is 11.6 Å². The van der Waals surface area contributed by atoms with Crippen LogP contribution in [0.2, 0.25) is 0 Å². The summed E-state index contributed by atoms with van der Waals surface area (Å²) in [5.41, 5.74) is 7.43. The number of carbonyl (C=O) groups is 1. The van der Waals surface area contributed by atoms with E-state index in [1.807, 2.05) is 30.3 Å². The maximum Gasteiger partial charge on any atom is 0.343 e. The van der Waals surface area contributed by atoms with E-state index < -0.39 is 5.97 Å². The third kappa shape index (κ3) is 3.13. The molecule has 0 aliphatic heterocycles. The van der Waals surface area contributed by atoms with Crippen LogP contribution in [0.3, 0.4) is 0 Å². The Morgan fingerprint density at radius 3 is 2.79 bits per heavy atom. The molecule has 0 amide bonds. The SMILES string of the molecule is CCOC(=O)c1cnn(CCc2ccccc2)c1N. The molecule has 0 unspecified atom stereocenters. The highest BCUT2D eigenvalue weighted by atomic mass is 16.5. The Morgan fingerprint density at radius 1 is 1.37 bits per heavy atom. The van der Waals surface area contributed by atoms with Crippen LogP contribution in [0.4, 0.5) is 5.82 Å². The maximum atomic E-state index is 11.6. The molecule has 0 fully saturated rings. The fourth-order valence-corrected chi connectivity index (χ4v) is 1.82. The number of hydrogen-bond acceptors (Lipinski definition) is 4. The number of anilines is 1. The Bertz CT molecular complexity index is 549. The first-order valence-electron chi connectivity index (χ1n) is 6.24. The maximum absolute atomic E-state index is 11.6. The summed E-state index contributed by atoms with van der Waals surface area (Å²) in [6.07, 6.45) is 2.27. The van der Waals surface area contributed by atoms with E-state index in [0.717, 1.165) is 6.42 Å². The van der Waals surface area contributed by atoms with Crippen LogP contribution in [0.5, 0.6) is 0 Å². The second-order valence-electron chi connectivity index (χ2n) is 4.12. The molecular formula is C14H17N3O2. The molecule has 1 aromatic heterocycles. The van der Waals surface area contributed by atoms with Gasteiger partial charge in [-0.05, 0) is 18.9 Å². The minimum absolute atomic E-state index is 0.327. The van der Waals surface area contributed by atoms with E-state index in [0.29, 0.717) is 24.5 Å². The number of nitrogen functional groups attached to an aromatic ring is 1. The summed E-state index contributed by atoms with van der Waals surface area (Å²) in [5, 5.41) is 4.12. The Kier molecular flexibility index (Phi) is 4.18. The first kappa shape index (κ1) is 13.1. The molecule has 0 spiro atoms. The topological polar surface area (TPSA) is 70.1 Å². The number of aromatic nitrogens is 2. The largest absolute Gasteiger partial charge is 0.462 e. The van der Waals surface area contributed by atoms with Crippen LogP contribution < -0.4 is 5.73 Å². The molecule has 1 heterocycles. The van der Waals surface area contributed by atoms with Crippen molar-refractivity contribution in [2.24, 2.45) is 0 Å². The average Bonchev–Trinajstić information content (AvgIpc) is 2.79. The molecule has 0 aliphatic rings. The summed E-state index contributed by atoms with van der Waals surface area (Å²) in [5.74, 6) is -0.0691. The Hall–Kier alpha value is -2.30. The van der Waals surface area contributed by atoms with Gasteiger partial charge in [0, 0.05) is 6.54 Å². The highest BCUT2D eigenvalue weighted by molar-refractivity contribution is 5.93. The van der Waals surface area contributed by atoms with Crippen LogP contribution in [0.25, 0.3) is 0 Å². The number of nitrogens with zero attached hydrogens (tertiary/aromatic N) is 2. The molecule has 5 heteroatoms. The molecule has 0 radical (unpaired) electrons. The van der Waals surface area contributed by atoms with E-state index in [2.05, 4.69) is 5.10 Å². The monoisotopic (exact) mass is 259 g/mol. The lowest BCUT2D eigenvalue weighted by atomic mass is 10.1. The molecule has 100 valence electrons. The number of nitrogens with two attached hydrogens (primary N) is 1. The number of hydrogen-bond donors (Lipinski definition) is 1. The zero-order valence-electron chi connectivity index (χ0n) is 10.9. The van der Waals surface area contributed by atoms with Crippen molar-refractivity contribution in [1.82, 2.24) is 9.78 Å². The molecule has 0 saturated heterocycles. The molecule has 2 N–H and O–H groups in total. The fraction of sp³-hybridized carbons (Fsp3) is 0.286. The third-order valence-corrected chi connectivity index (χ3v) is 2.83. The lowest BCUT2D eigenvalue weighted by Crippen LogP contribution is -2.11. The summed E-state index contributed by atoms with van der Waals surface area (Å²) >= 11 is 0. The van der Waals surface area contributed by atoms with Crippen LogP contribution in [0.1, 0.15) is 22.8 Å². The quantitative estimate of drug-likeness (QED) is 0.832. The predicted octanol–water partition coefficient (Wildman–Crippen LogP) is 1.88. The van der Waals surface area contributed by atoms with Crippen LogP contribution >= 0.6 is 0 Å². The average molecular weight is 259 g/mol. The molecule has 0 saturated carbocycles. The number of esters is 1. The van der Waals surface area contributed by atoms with Crippen molar-refractivity contribution >= 4 is 11.8 Å². The van der Waals surface area contributed by atoms with E-state index in [4.69, 9.17) is 10.5 Å². The number of ether oxygens (including phenoxy) is 1. The van der Waals surface area contributed by atoms with E-state index >= 15 is 0 Å². The van der Waals surface area contributed by atoms with Crippen molar-refractivity contribution in [3.8, 4) is 0 Å². The highest BCUT2D eigenvalue weighted by Gasteiger charge is 2.15. The van der Waals surface area contributed by atoms with Gasteiger partial charge >= 0.3 is 5.97 Å². The molecule has 2 aromatic rings. The third-order valence-electron chi connectivity index (χ3n) is 2.83. The Balaban J connectivity index is 2.04. The zero-order valence-corrected chi connectivity index (χ0v) is 10.9. The summed E-state index contributed by atoms with van der Waals surface area (Å²) < 4.78 is 6.54. The van der Waals surface area contributed by atoms with Crippen LogP contribution in [-0.2, 0) is 17.7 Å². The smallest absolute Gasteiger partial charge is 0.343 e. The Labute approximate surface area is 112 Å². The van der Waals surface area contributed by atoms with Gasteiger partial charge < -0.3 is 10.5 Å². The summed E-state index contributed by atoms with van der Waals surface area (Å²) in [6, 6.07) is 10.1. The van der Waals surface area contributed by atoms with Gasteiger partial charge in [-0.15, -0.1) is 0 Å². The molecule has 0 atom stereocenters. The number of benzene rings is 1. The van der Waals surface area contributed by atoms with Gasteiger partial charge in [-0.1, -0.05) is 30.3 Å². The first-order chi connectivity index (χ1) is 9.22. The van der Waals surface area contributed by atoms with Gasteiger partial charge in [-0.3, -0.25) is 0 Å². The Morgan fingerprint density at radius 2 is 2.11 bits per heavy atom. The molecule has 19 heavy (non-hydrogen) atoms. The van der Waals surface area contributed by atoms with E-state index in [9.17, 15) is 4.79 Å². The second kappa shape index (κ2) is 6.04. The zero-order chi connectivity index (χ0) is 13.7. The second-order valence-corrected chi connectivity index (χ2v) is 4.12.